The minimum Gasteiger partial charge on any atom is -0.199 e. The molecule has 0 aromatic heterocycles. The van der Waals surface area contributed by atoms with Crippen LogP contribution in [0, 0.1) is 80.5 Å². The molecule has 4 aliphatic carbocycles. The third-order valence-electron chi connectivity index (χ3n) is 6.38. The van der Waals surface area contributed by atoms with Gasteiger partial charge in [-0.2, -0.15) is 49.2 Å². The zero-order valence-electron chi connectivity index (χ0n) is 21.1. The van der Waals surface area contributed by atoms with Crippen LogP contribution < -0.4 is 0 Å². The number of hydrogen-bond acceptors (Lipinski definition) is 0. The van der Waals surface area contributed by atoms with E-state index >= 15 is 0 Å². The Hall–Kier alpha value is -1.98. The van der Waals surface area contributed by atoms with Crippen molar-refractivity contribution in [1.29, 1.82) is 0 Å². The summed E-state index contributed by atoms with van der Waals surface area (Å²) in [5, 5.41) is 0. The van der Waals surface area contributed by atoms with Gasteiger partial charge in [0.1, 0.15) is 0 Å². The molecule has 10 radical (unpaired) electrons. The van der Waals surface area contributed by atoms with E-state index < -0.39 is 0 Å². The van der Waals surface area contributed by atoms with Gasteiger partial charge in [0.2, 0.25) is 0 Å². The molecule has 36 heavy (non-hydrogen) atoms. The molecule has 0 spiro atoms. The summed E-state index contributed by atoms with van der Waals surface area (Å²) in [4.78, 5) is 0. The molecular weight excluding hydrogens is 512 g/mol. The Morgan fingerprint density at radius 1 is 0.528 bits per heavy atom. The van der Waals surface area contributed by atoms with Gasteiger partial charge in [-0.3, -0.25) is 0 Å². The van der Waals surface area contributed by atoms with Crippen LogP contribution in [0.4, 0.5) is 0 Å². The van der Waals surface area contributed by atoms with Gasteiger partial charge >= 0.3 is 26.2 Å². The molecular formula is C35H32Zr+2. The summed E-state index contributed by atoms with van der Waals surface area (Å²) in [6, 6.07) is 19.7. The molecule has 1 heteroatoms. The first-order valence-electron chi connectivity index (χ1n) is 12.0. The van der Waals surface area contributed by atoms with E-state index in [1.54, 1.807) is 0 Å². The third-order valence-corrected chi connectivity index (χ3v) is 6.38. The predicted molar refractivity (Wildman–Crippen MR) is 149 cm³/mol. The molecule has 0 heterocycles. The van der Waals surface area contributed by atoms with Gasteiger partial charge in [-0.1, -0.05) is 74.6 Å². The fraction of sp³-hybridized carbons (Fsp3) is 0.0857. The van der Waals surface area contributed by atoms with E-state index in [2.05, 4.69) is 102 Å². The Morgan fingerprint density at radius 2 is 0.889 bits per heavy atom. The molecule has 0 amide bonds. The second-order valence-electron chi connectivity index (χ2n) is 9.24. The number of fused-ring (bicyclic) bond motifs is 3. The van der Waals surface area contributed by atoms with E-state index in [1.165, 1.54) is 35.5 Å². The summed E-state index contributed by atoms with van der Waals surface area (Å²) in [5.41, 5.74) is 2.15. The maximum Gasteiger partial charge on any atom is 4.00 e. The molecule has 2 aromatic carbocycles. The summed E-state index contributed by atoms with van der Waals surface area (Å²) in [7, 11) is 0. The molecule has 0 nitrogen and oxygen atoms in total. The zero-order valence-corrected chi connectivity index (χ0v) is 23.6. The number of allylic oxidation sites excluding steroid dienone is 8. The molecule has 0 bridgehead atoms. The summed E-state index contributed by atoms with van der Waals surface area (Å²) in [6.45, 7) is 12.1. The standard InChI is InChI=1S/C21H18.2C7H7.Zr/c1-21(2,15-9-3-4-10-15)20-18-13-7-5-11-16(18)17-12-6-8-14-19(17)20;2*1-7-5-3-2-4-6-7;/h3-14H,1-2H3;2*2-6H,1H2;/q;2*-1;+4. The maximum atomic E-state index is 3.72. The van der Waals surface area contributed by atoms with Crippen molar-refractivity contribution in [1.82, 2.24) is 0 Å². The van der Waals surface area contributed by atoms with E-state index in [0.717, 1.165) is 11.1 Å². The van der Waals surface area contributed by atoms with Crippen molar-refractivity contribution in [3.05, 3.63) is 195 Å². The third kappa shape index (κ3) is 6.86. The zero-order chi connectivity index (χ0) is 24.7. The van der Waals surface area contributed by atoms with Crippen LogP contribution >= 0.6 is 0 Å². The van der Waals surface area contributed by atoms with E-state index in [9.17, 15) is 0 Å². The van der Waals surface area contributed by atoms with Gasteiger partial charge in [0.05, 0.1) is 0 Å². The molecule has 174 valence electrons. The van der Waals surface area contributed by atoms with Gasteiger partial charge in [0, 0.05) is 29.6 Å². The SMILES string of the molecule is CC(C)([C]1[CH][CH][CH][CH]1)[C]1[C]2C=CC=C[C]2[C]2C=CC=C[C]21.[CH2-]c1ccccc1.[CH2-]c1ccccc1.[Zr+4]. The topological polar surface area (TPSA) is 0 Å². The smallest absolute Gasteiger partial charge is 0.199 e. The number of hydrogen-bond donors (Lipinski definition) is 0. The van der Waals surface area contributed by atoms with E-state index in [1.807, 2.05) is 60.7 Å². The minimum atomic E-state index is 0. The van der Waals surface area contributed by atoms with Crippen molar-refractivity contribution < 1.29 is 26.2 Å². The molecule has 2 fully saturated rings. The fourth-order valence-corrected chi connectivity index (χ4v) is 4.58. The van der Waals surface area contributed by atoms with E-state index in [0.29, 0.717) is 0 Å². The van der Waals surface area contributed by atoms with Gasteiger partial charge in [-0.25, -0.2) is 0 Å². The summed E-state index contributed by atoms with van der Waals surface area (Å²) in [6.07, 6.45) is 26.3. The van der Waals surface area contributed by atoms with Crippen LogP contribution in [0.15, 0.2) is 109 Å². The molecule has 0 unspecified atom stereocenters. The molecule has 2 saturated carbocycles. The van der Waals surface area contributed by atoms with Crippen LogP contribution in [0.25, 0.3) is 0 Å². The van der Waals surface area contributed by atoms with Crippen LogP contribution in [-0.4, -0.2) is 0 Å². The van der Waals surface area contributed by atoms with Gasteiger partial charge in [0.25, 0.3) is 0 Å². The Balaban J connectivity index is 0.000000198. The number of rotatable bonds is 2. The molecule has 4 aliphatic rings. The Bertz CT molecular complexity index is 949. The Kier molecular flexibility index (Phi) is 10.7. The predicted octanol–water partition coefficient (Wildman–Crippen LogP) is 8.29. The van der Waals surface area contributed by atoms with Crippen molar-refractivity contribution in [3.8, 4) is 0 Å². The average Bonchev–Trinajstić information content (AvgIpc) is 3.54. The van der Waals surface area contributed by atoms with Gasteiger partial charge in [-0.15, -0.1) is 24.3 Å². The van der Waals surface area contributed by atoms with Crippen LogP contribution in [0.5, 0.6) is 0 Å². The summed E-state index contributed by atoms with van der Waals surface area (Å²) >= 11 is 0. The Morgan fingerprint density at radius 3 is 1.22 bits per heavy atom. The van der Waals surface area contributed by atoms with E-state index in [-0.39, 0.29) is 31.6 Å². The van der Waals surface area contributed by atoms with Crippen LogP contribution in [0.3, 0.4) is 0 Å². The van der Waals surface area contributed by atoms with Crippen LogP contribution in [0.1, 0.15) is 25.0 Å². The van der Waals surface area contributed by atoms with Crippen LogP contribution in [0.2, 0.25) is 0 Å². The maximum absolute atomic E-state index is 3.72. The minimum absolute atomic E-state index is 0. The number of benzene rings is 2. The molecule has 0 N–H and O–H groups in total. The van der Waals surface area contributed by atoms with Crippen molar-refractivity contribution in [3.63, 3.8) is 0 Å². The first-order chi connectivity index (χ1) is 17.0. The summed E-state index contributed by atoms with van der Waals surface area (Å²) in [5.74, 6) is 8.31. The second kappa shape index (κ2) is 13.5. The molecule has 0 atom stereocenters. The van der Waals surface area contributed by atoms with Crippen molar-refractivity contribution in [2.24, 2.45) is 5.41 Å². The van der Waals surface area contributed by atoms with Crippen LogP contribution in [-0.2, 0) is 26.2 Å². The van der Waals surface area contributed by atoms with Gasteiger partial charge in [0.15, 0.2) is 0 Å². The van der Waals surface area contributed by atoms with Gasteiger partial charge in [-0.05, 0) is 37.0 Å². The van der Waals surface area contributed by atoms with Gasteiger partial charge < -0.3 is 0 Å². The largest absolute Gasteiger partial charge is 4.00 e. The second-order valence-corrected chi connectivity index (χ2v) is 9.24. The molecule has 6 rings (SSSR count). The molecule has 2 aromatic rings. The average molecular weight is 544 g/mol. The molecule has 0 saturated heterocycles. The van der Waals surface area contributed by atoms with Crippen molar-refractivity contribution >= 4 is 0 Å². The molecule has 0 aliphatic heterocycles. The van der Waals surface area contributed by atoms with E-state index in [4.69, 9.17) is 0 Å². The Labute approximate surface area is 239 Å². The monoisotopic (exact) mass is 542 g/mol. The first kappa shape index (κ1) is 28.6. The van der Waals surface area contributed by atoms with Crippen molar-refractivity contribution in [2.75, 3.05) is 0 Å². The quantitative estimate of drug-likeness (QED) is 0.334. The normalized spacial score (nSPS) is 20.1. The first-order valence-corrected chi connectivity index (χ1v) is 12.0. The summed E-state index contributed by atoms with van der Waals surface area (Å²) < 4.78 is 0. The van der Waals surface area contributed by atoms with Crippen molar-refractivity contribution in [2.45, 2.75) is 13.8 Å². The fourth-order valence-electron chi connectivity index (χ4n) is 4.58.